The topological polar surface area (TPSA) is 72.7 Å². The molecule has 0 bridgehead atoms. The van der Waals surface area contributed by atoms with Crippen LogP contribution in [0, 0.1) is 13.8 Å². The van der Waals surface area contributed by atoms with Gasteiger partial charge in [-0.2, -0.15) is 5.10 Å². The molecule has 0 aliphatic heterocycles. The molecule has 6 nitrogen and oxygen atoms in total. The molecule has 0 saturated heterocycles. The molecule has 0 spiro atoms. The fraction of sp³-hybridized carbons (Fsp3) is 0.143. The molecule has 0 radical (unpaired) electrons. The molecular formula is C21H17Cl2N5O. The molecule has 3 aromatic heterocycles. The predicted octanol–water partition coefficient (Wildman–Crippen LogP) is 5.06. The van der Waals surface area contributed by atoms with Crippen LogP contribution in [0.25, 0.3) is 22.2 Å². The van der Waals surface area contributed by atoms with Crippen molar-refractivity contribution in [2.24, 2.45) is 0 Å². The Bertz CT molecular complexity index is 1220. The highest BCUT2D eigenvalue weighted by Crippen LogP contribution is 2.30. The van der Waals surface area contributed by atoms with Gasteiger partial charge < -0.3 is 5.32 Å². The Morgan fingerprint density at radius 3 is 2.59 bits per heavy atom. The summed E-state index contributed by atoms with van der Waals surface area (Å²) in [5, 5.41) is 8.80. The number of hydrogen-bond donors (Lipinski definition) is 1. The molecule has 4 aromatic rings. The summed E-state index contributed by atoms with van der Waals surface area (Å²) < 4.78 is 1.58. The number of anilines is 1. The Balaban J connectivity index is 1.66. The second-order valence-electron chi connectivity index (χ2n) is 6.70. The molecule has 0 aliphatic carbocycles. The van der Waals surface area contributed by atoms with Crippen LogP contribution in [-0.4, -0.2) is 25.7 Å². The fourth-order valence-corrected chi connectivity index (χ4v) is 3.61. The summed E-state index contributed by atoms with van der Waals surface area (Å²) in [4.78, 5) is 21.0. The van der Waals surface area contributed by atoms with Gasteiger partial charge in [-0.05, 0) is 37.1 Å². The van der Waals surface area contributed by atoms with E-state index in [1.807, 2.05) is 13.0 Å². The van der Waals surface area contributed by atoms with Crippen LogP contribution in [0.5, 0.6) is 0 Å². The number of rotatable bonds is 4. The van der Waals surface area contributed by atoms with Crippen LogP contribution in [0.15, 0.2) is 48.8 Å². The molecule has 3 heterocycles. The first-order valence-corrected chi connectivity index (χ1v) is 9.68. The maximum Gasteiger partial charge on any atom is 0.247 e. The van der Waals surface area contributed by atoms with Crippen molar-refractivity contribution in [1.29, 1.82) is 0 Å². The van der Waals surface area contributed by atoms with E-state index in [2.05, 4.69) is 51.6 Å². The molecule has 4 rings (SSSR count). The van der Waals surface area contributed by atoms with Gasteiger partial charge in [0.05, 0.1) is 15.7 Å². The summed E-state index contributed by atoms with van der Waals surface area (Å²) in [5.74, 6) is -0.0591. The minimum atomic E-state index is -0.311. The van der Waals surface area contributed by atoms with Crippen LogP contribution in [0.4, 0.5) is 5.82 Å². The highest BCUT2D eigenvalue weighted by atomic mass is 35.5. The second kappa shape index (κ2) is 7.81. The van der Waals surface area contributed by atoms with Gasteiger partial charge >= 0.3 is 0 Å². The normalized spacial score (nSPS) is 11.0. The molecular weight excluding hydrogens is 409 g/mol. The van der Waals surface area contributed by atoms with Gasteiger partial charge in [0.2, 0.25) is 5.91 Å². The summed E-state index contributed by atoms with van der Waals surface area (Å²) in [6, 6.07) is 11.8. The zero-order valence-electron chi connectivity index (χ0n) is 15.8. The number of halogens is 2. The van der Waals surface area contributed by atoms with Gasteiger partial charge in [0.25, 0.3) is 0 Å². The maximum absolute atomic E-state index is 12.5. The predicted molar refractivity (Wildman–Crippen MR) is 115 cm³/mol. The van der Waals surface area contributed by atoms with E-state index in [-0.39, 0.29) is 23.3 Å². The lowest BCUT2D eigenvalue weighted by Gasteiger charge is -2.08. The van der Waals surface area contributed by atoms with E-state index in [0.717, 1.165) is 22.2 Å². The molecule has 0 saturated carbocycles. The Morgan fingerprint density at radius 1 is 1.10 bits per heavy atom. The summed E-state index contributed by atoms with van der Waals surface area (Å²) >= 11 is 11.9. The summed E-state index contributed by atoms with van der Waals surface area (Å²) in [5.41, 5.74) is 4.75. The number of pyridine rings is 2. The van der Waals surface area contributed by atoms with E-state index in [1.165, 1.54) is 17.8 Å². The first kappa shape index (κ1) is 19.4. The molecule has 0 fully saturated rings. The van der Waals surface area contributed by atoms with E-state index in [0.29, 0.717) is 10.7 Å². The van der Waals surface area contributed by atoms with Crippen molar-refractivity contribution in [1.82, 2.24) is 19.7 Å². The minimum Gasteiger partial charge on any atom is -0.308 e. The van der Waals surface area contributed by atoms with Crippen molar-refractivity contribution in [3.05, 3.63) is 70.1 Å². The molecule has 29 heavy (non-hydrogen) atoms. The first-order chi connectivity index (χ1) is 13.9. The third-order valence-corrected chi connectivity index (χ3v) is 5.02. The average molecular weight is 426 g/mol. The number of carbonyl (C=O) groups excluding carboxylic acids is 1. The van der Waals surface area contributed by atoms with E-state index in [9.17, 15) is 4.79 Å². The van der Waals surface area contributed by atoms with Crippen molar-refractivity contribution in [3.8, 4) is 11.1 Å². The average Bonchev–Trinajstić information content (AvgIpc) is 3.00. The first-order valence-electron chi connectivity index (χ1n) is 8.92. The molecule has 1 N–H and O–H groups in total. The van der Waals surface area contributed by atoms with Gasteiger partial charge in [0.15, 0.2) is 11.5 Å². The number of hydrogen-bond acceptors (Lipinski definition) is 4. The van der Waals surface area contributed by atoms with Gasteiger partial charge in [0.1, 0.15) is 6.54 Å². The molecule has 8 heteroatoms. The highest BCUT2D eigenvalue weighted by molar-refractivity contribution is 6.36. The Kier molecular flexibility index (Phi) is 5.22. The summed E-state index contributed by atoms with van der Waals surface area (Å²) in [7, 11) is 0. The Hall–Kier alpha value is -2.96. The fourth-order valence-electron chi connectivity index (χ4n) is 3.18. The Morgan fingerprint density at radius 2 is 1.86 bits per heavy atom. The smallest absolute Gasteiger partial charge is 0.247 e. The molecule has 1 amide bonds. The minimum absolute atomic E-state index is 0.0185. The van der Waals surface area contributed by atoms with Crippen LogP contribution in [-0.2, 0) is 11.3 Å². The number of nitrogens with one attached hydrogen (secondary N) is 1. The number of fused-ring (bicyclic) bond motifs is 1. The SMILES string of the molecule is Cc1ccc(-c2ccnc3c2c(C)nn3CC(=O)Nc2ncc(Cl)cc2Cl)cc1. The number of benzene rings is 1. The summed E-state index contributed by atoms with van der Waals surface area (Å²) in [6.07, 6.45) is 3.15. The second-order valence-corrected chi connectivity index (χ2v) is 7.54. The van der Waals surface area contributed by atoms with Crippen molar-refractivity contribution in [2.45, 2.75) is 20.4 Å². The molecule has 0 aliphatic rings. The van der Waals surface area contributed by atoms with E-state index >= 15 is 0 Å². The lowest BCUT2D eigenvalue weighted by molar-refractivity contribution is -0.116. The van der Waals surface area contributed by atoms with Crippen molar-refractivity contribution < 1.29 is 4.79 Å². The van der Waals surface area contributed by atoms with E-state index in [4.69, 9.17) is 23.2 Å². The molecule has 146 valence electrons. The van der Waals surface area contributed by atoms with Gasteiger partial charge in [-0.15, -0.1) is 0 Å². The number of carbonyl (C=O) groups is 1. The standard InChI is InChI=1S/C21H17Cl2N5O/c1-12-3-5-14(6-4-12)16-7-8-24-21-19(16)13(2)27-28(21)11-18(29)26-20-17(23)9-15(22)10-25-20/h3-10H,11H2,1-2H3,(H,25,26,29). The van der Waals surface area contributed by atoms with Crippen LogP contribution < -0.4 is 5.32 Å². The summed E-state index contributed by atoms with van der Waals surface area (Å²) in [6.45, 7) is 3.94. The third-order valence-electron chi connectivity index (χ3n) is 4.53. The van der Waals surface area contributed by atoms with Crippen LogP contribution in [0.2, 0.25) is 10.0 Å². The molecule has 1 aromatic carbocycles. The molecule has 0 unspecified atom stereocenters. The van der Waals surface area contributed by atoms with Gasteiger partial charge in [-0.25, -0.2) is 14.6 Å². The maximum atomic E-state index is 12.5. The van der Waals surface area contributed by atoms with E-state index in [1.54, 1.807) is 10.9 Å². The largest absolute Gasteiger partial charge is 0.308 e. The van der Waals surface area contributed by atoms with Crippen LogP contribution in [0.3, 0.4) is 0 Å². The lowest BCUT2D eigenvalue weighted by Crippen LogP contribution is -2.20. The van der Waals surface area contributed by atoms with Crippen LogP contribution >= 0.6 is 23.2 Å². The zero-order valence-corrected chi connectivity index (χ0v) is 17.3. The van der Waals surface area contributed by atoms with Crippen molar-refractivity contribution in [2.75, 3.05) is 5.32 Å². The quantitative estimate of drug-likeness (QED) is 0.495. The number of amides is 1. The van der Waals surface area contributed by atoms with E-state index < -0.39 is 0 Å². The number of aromatic nitrogens is 4. The number of aryl methyl sites for hydroxylation is 2. The van der Waals surface area contributed by atoms with Gasteiger partial charge in [-0.3, -0.25) is 4.79 Å². The Labute approximate surface area is 177 Å². The van der Waals surface area contributed by atoms with Crippen LogP contribution in [0.1, 0.15) is 11.3 Å². The van der Waals surface area contributed by atoms with Crippen molar-refractivity contribution in [3.63, 3.8) is 0 Å². The highest BCUT2D eigenvalue weighted by Gasteiger charge is 2.16. The van der Waals surface area contributed by atoms with Gasteiger partial charge in [-0.1, -0.05) is 53.0 Å². The van der Waals surface area contributed by atoms with Gasteiger partial charge in [0, 0.05) is 17.8 Å². The zero-order chi connectivity index (χ0) is 20.5. The third kappa shape index (κ3) is 3.95. The molecule has 0 atom stereocenters. The van der Waals surface area contributed by atoms with Crippen molar-refractivity contribution >= 4 is 46.0 Å². The number of nitrogens with zero attached hydrogens (tertiary/aromatic N) is 4. The lowest BCUT2D eigenvalue weighted by atomic mass is 10.0. The monoisotopic (exact) mass is 425 g/mol.